The van der Waals surface area contributed by atoms with E-state index in [4.69, 9.17) is 14.0 Å². The third-order valence-corrected chi connectivity index (χ3v) is 5.55. The Kier molecular flexibility index (Phi) is 5.02. The van der Waals surface area contributed by atoms with E-state index in [2.05, 4.69) is 10.5 Å². The van der Waals surface area contributed by atoms with Gasteiger partial charge in [0.2, 0.25) is 5.91 Å². The number of hydrogen-bond donors (Lipinski definition) is 1. The van der Waals surface area contributed by atoms with Gasteiger partial charge >= 0.3 is 0 Å². The molecule has 7 heteroatoms. The van der Waals surface area contributed by atoms with E-state index in [-0.39, 0.29) is 11.9 Å². The number of amides is 1. The minimum Gasteiger partial charge on any atom is -0.448 e. The van der Waals surface area contributed by atoms with Gasteiger partial charge in [-0.3, -0.25) is 9.69 Å². The van der Waals surface area contributed by atoms with Crippen molar-refractivity contribution in [2.45, 2.75) is 64.3 Å². The second-order valence-corrected chi connectivity index (χ2v) is 7.85. The van der Waals surface area contributed by atoms with Crippen LogP contribution in [0, 0.1) is 6.92 Å². The molecule has 1 aromatic carbocycles. The molecule has 2 aromatic rings. The number of carbonyl (C=O) groups excluding carboxylic acids is 1. The zero-order chi connectivity index (χ0) is 19.7. The quantitative estimate of drug-likeness (QED) is 0.842. The summed E-state index contributed by atoms with van der Waals surface area (Å²) in [6.45, 7) is 4.26. The van der Waals surface area contributed by atoms with Crippen molar-refractivity contribution >= 4 is 11.6 Å². The van der Waals surface area contributed by atoms with Gasteiger partial charge in [-0.15, -0.1) is 0 Å². The van der Waals surface area contributed by atoms with Crippen LogP contribution < -0.4 is 14.8 Å². The van der Waals surface area contributed by atoms with Gasteiger partial charge < -0.3 is 19.3 Å². The predicted molar refractivity (Wildman–Crippen MR) is 104 cm³/mol. The Hall–Kier alpha value is -2.54. The number of anilines is 1. The van der Waals surface area contributed by atoms with Crippen molar-refractivity contribution in [1.29, 1.82) is 0 Å². The van der Waals surface area contributed by atoms with Crippen LogP contribution in [0.25, 0.3) is 0 Å². The van der Waals surface area contributed by atoms with Crippen LogP contribution in [0.4, 0.5) is 5.69 Å². The fourth-order valence-corrected chi connectivity index (χ4v) is 3.80. The topological polar surface area (TPSA) is 76.8 Å². The van der Waals surface area contributed by atoms with E-state index >= 15 is 0 Å². The highest BCUT2D eigenvalue weighted by atomic mass is 16.7. The molecule has 1 N–H and O–H groups in total. The minimum atomic E-state index is -0.507. The van der Waals surface area contributed by atoms with Gasteiger partial charge in [-0.1, -0.05) is 11.6 Å². The summed E-state index contributed by atoms with van der Waals surface area (Å²) >= 11 is 0. The summed E-state index contributed by atoms with van der Waals surface area (Å²) in [5.74, 6) is 1.63. The van der Waals surface area contributed by atoms with Crippen LogP contribution in [0.1, 0.15) is 50.5 Å². The smallest absolute Gasteiger partial charge is 0.251 e. The first-order valence-electron chi connectivity index (χ1n) is 9.89. The summed E-state index contributed by atoms with van der Waals surface area (Å²) in [6, 6.07) is 7.13. The average Bonchev–Trinajstić information content (AvgIpc) is 3.23. The Morgan fingerprint density at radius 1 is 1.21 bits per heavy atom. The fourth-order valence-electron chi connectivity index (χ4n) is 3.80. The molecule has 2 heterocycles. The molecule has 1 saturated carbocycles. The van der Waals surface area contributed by atoms with E-state index in [9.17, 15) is 4.79 Å². The lowest BCUT2D eigenvalue weighted by atomic mass is 9.94. The highest BCUT2D eigenvalue weighted by Gasteiger charge is 2.42. The molecule has 0 bridgehead atoms. The van der Waals surface area contributed by atoms with Gasteiger partial charge in [-0.2, -0.15) is 0 Å². The molecule has 150 valence electrons. The van der Waals surface area contributed by atoms with Crippen molar-refractivity contribution in [3.05, 3.63) is 35.7 Å². The van der Waals surface area contributed by atoms with E-state index in [1.165, 1.54) is 6.42 Å². The normalized spacial score (nSPS) is 18.4. The number of benzene rings is 1. The number of carbonyl (C=O) groups is 1. The minimum absolute atomic E-state index is 0.0889. The molecule has 1 aromatic heterocycles. The summed E-state index contributed by atoms with van der Waals surface area (Å²) in [5.41, 5.74) is 1.51. The number of nitrogens with one attached hydrogen (secondary N) is 1. The molecular weight excluding hydrogens is 358 g/mol. The molecular formula is C21H27N3O4. The molecule has 28 heavy (non-hydrogen) atoms. The van der Waals surface area contributed by atoms with Crippen LogP contribution in [0.15, 0.2) is 28.8 Å². The summed E-state index contributed by atoms with van der Waals surface area (Å²) in [4.78, 5) is 14.6. The lowest BCUT2D eigenvalue weighted by molar-refractivity contribution is -0.120. The van der Waals surface area contributed by atoms with Crippen molar-refractivity contribution in [2.75, 3.05) is 12.4 Å². The largest absolute Gasteiger partial charge is 0.448 e. The average molecular weight is 385 g/mol. The zero-order valence-corrected chi connectivity index (χ0v) is 16.7. The van der Waals surface area contributed by atoms with Gasteiger partial charge in [0, 0.05) is 37.2 Å². The first-order valence-corrected chi connectivity index (χ1v) is 9.89. The maximum absolute atomic E-state index is 12.7. The number of ether oxygens (including phenoxy) is 2. The summed E-state index contributed by atoms with van der Waals surface area (Å²) in [5, 5.41) is 6.96. The number of hydrogen-bond acceptors (Lipinski definition) is 6. The molecule has 7 nitrogen and oxygen atoms in total. The maximum atomic E-state index is 12.7. The highest BCUT2D eigenvalue weighted by Crippen LogP contribution is 2.46. The maximum Gasteiger partial charge on any atom is 0.251 e. The summed E-state index contributed by atoms with van der Waals surface area (Å²) < 4.78 is 17.3. The first-order chi connectivity index (χ1) is 13.4. The number of likely N-dealkylation sites (N-methyl/N-ethyl adjacent to an activating group) is 1. The molecule has 1 atom stereocenters. The third-order valence-electron chi connectivity index (χ3n) is 5.55. The molecule has 2 aliphatic rings. The van der Waals surface area contributed by atoms with Gasteiger partial charge in [-0.05, 0) is 45.9 Å². The number of rotatable bonds is 5. The van der Waals surface area contributed by atoms with Gasteiger partial charge in [0.1, 0.15) is 5.76 Å². The second-order valence-electron chi connectivity index (χ2n) is 7.85. The van der Waals surface area contributed by atoms with Crippen LogP contribution in [-0.2, 0) is 11.3 Å². The van der Waals surface area contributed by atoms with Gasteiger partial charge in [0.15, 0.2) is 11.5 Å². The lowest BCUT2D eigenvalue weighted by Crippen LogP contribution is -2.40. The number of fused-ring (bicyclic) bond motifs is 1. The first kappa shape index (κ1) is 18.8. The Bertz CT molecular complexity index is 857. The molecule has 1 unspecified atom stereocenters. The van der Waals surface area contributed by atoms with Crippen LogP contribution in [-0.4, -0.2) is 34.8 Å². The van der Waals surface area contributed by atoms with E-state index < -0.39 is 5.79 Å². The van der Waals surface area contributed by atoms with E-state index in [1.807, 2.05) is 50.1 Å². The SMILES string of the molecule is Cc1cc(CN(C)C(C)C(=O)Nc2ccc3c(c2)OC2(CCCCC2)O3)no1. The van der Waals surface area contributed by atoms with Crippen molar-refractivity contribution in [1.82, 2.24) is 10.1 Å². The molecule has 1 amide bonds. The van der Waals surface area contributed by atoms with Crippen molar-refractivity contribution in [3.8, 4) is 11.5 Å². The summed E-state index contributed by atoms with van der Waals surface area (Å²) in [6.07, 6.45) is 5.28. The lowest BCUT2D eigenvalue weighted by Gasteiger charge is -2.31. The van der Waals surface area contributed by atoms with Gasteiger partial charge in [-0.25, -0.2) is 0 Å². The molecule has 1 aliphatic carbocycles. The van der Waals surface area contributed by atoms with Crippen LogP contribution >= 0.6 is 0 Å². The van der Waals surface area contributed by atoms with Crippen LogP contribution in [0.5, 0.6) is 11.5 Å². The molecule has 0 saturated heterocycles. The molecule has 1 aliphatic heterocycles. The Morgan fingerprint density at radius 2 is 1.96 bits per heavy atom. The van der Waals surface area contributed by atoms with E-state index in [1.54, 1.807) is 0 Å². The third kappa shape index (κ3) is 3.85. The number of aryl methyl sites for hydroxylation is 1. The van der Waals surface area contributed by atoms with Crippen molar-refractivity contribution in [2.24, 2.45) is 0 Å². The Morgan fingerprint density at radius 3 is 2.68 bits per heavy atom. The second kappa shape index (κ2) is 7.47. The highest BCUT2D eigenvalue weighted by molar-refractivity contribution is 5.94. The van der Waals surface area contributed by atoms with E-state index in [0.29, 0.717) is 18.0 Å². The molecule has 4 rings (SSSR count). The Balaban J connectivity index is 1.38. The molecule has 1 fully saturated rings. The van der Waals surface area contributed by atoms with Gasteiger partial charge in [0.05, 0.1) is 11.7 Å². The van der Waals surface area contributed by atoms with Crippen LogP contribution in [0.3, 0.4) is 0 Å². The van der Waals surface area contributed by atoms with Crippen molar-refractivity contribution < 1.29 is 18.8 Å². The number of nitrogens with zero attached hydrogens (tertiary/aromatic N) is 2. The standard InChI is InChI=1S/C21H27N3O4/c1-14-11-17(23-28-14)13-24(3)15(2)20(25)22-16-7-8-18-19(12-16)27-21(26-18)9-5-4-6-10-21/h7-8,11-12,15H,4-6,9-10,13H2,1-3H3,(H,22,25). The van der Waals surface area contributed by atoms with Crippen LogP contribution in [0.2, 0.25) is 0 Å². The zero-order valence-electron chi connectivity index (χ0n) is 16.7. The molecule has 0 radical (unpaired) electrons. The monoisotopic (exact) mass is 385 g/mol. The van der Waals surface area contributed by atoms with Crippen molar-refractivity contribution in [3.63, 3.8) is 0 Å². The summed E-state index contributed by atoms with van der Waals surface area (Å²) in [7, 11) is 1.89. The number of aromatic nitrogens is 1. The van der Waals surface area contributed by atoms with E-state index in [0.717, 1.165) is 42.9 Å². The Labute approximate surface area is 165 Å². The molecule has 1 spiro atoms. The predicted octanol–water partition coefficient (Wildman–Crippen LogP) is 3.87. The fraction of sp³-hybridized carbons (Fsp3) is 0.524. The van der Waals surface area contributed by atoms with Gasteiger partial charge in [0.25, 0.3) is 5.79 Å².